The molecule has 160 valence electrons. The molecule has 2 aliphatic rings. The fourth-order valence-corrected chi connectivity index (χ4v) is 4.47. The largest absolute Gasteiger partial charge is 0.487 e. The van der Waals surface area contributed by atoms with Crippen molar-refractivity contribution in [1.29, 1.82) is 0 Å². The van der Waals surface area contributed by atoms with Crippen molar-refractivity contribution in [2.24, 2.45) is 0 Å². The molecule has 0 radical (unpaired) electrons. The van der Waals surface area contributed by atoms with Crippen LogP contribution in [0.3, 0.4) is 0 Å². The van der Waals surface area contributed by atoms with Crippen LogP contribution in [0, 0.1) is 0 Å². The molecule has 0 bridgehead atoms. The number of nitrogens with zero attached hydrogens (tertiary/aromatic N) is 2. The zero-order valence-electron chi connectivity index (χ0n) is 18.0. The van der Waals surface area contributed by atoms with Crippen LogP contribution in [-0.4, -0.2) is 54.5 Å². The number of fused-ring (bicyclic) bond motifs is 1. The molecule has 0 aromatic heterocycles. The van der Waals surface area contributed by atoms with Gasteiger partial charge in [0.05, 0.1) is 12.2 Å². The van der Waals surface area contributed by atoms with E-state index in [2.05, 4.69) is 24.1 Å². The van der Waals surface area contributed by atoms with E-state index in [4.69, 9.17) is 4.74 Å². The maximum Gasteiger partial charge on any atom is 0.227 e. The Balaban J connectivity index is 1.39. The van der Waals surface area contributed by atoms with E-state index in [1.165, 1.54) is 19.3 Å². The number of anilines is 1. The van der Waals surface area contributed by atoms with E-state index in [-0.39, 0.29) is 30.8 Å². The van der Waals surface area contributed by atoms with Crippen molar-refractivity contribution in [1.82, 2.24) is 10.2 Å². The van der Waals surface area contributed by atoms with Crippen LogP contribution in [0.1, 0.15) is 59.3 Å². The van der Waals surface area contributed by atoms with E-state index in [9.17, 15) is 9.59 Å². The molecule has 0 saturated carbocycles. The molecule has 1 fully saturated rings. The Morgan fingerprint density at radius 1 is 1.10 bits per heavy atom. The average molecular weight is 402 g/mol. The van der Waals surface area contributed by atoms with Crippen molar-refractivity contribution < 1.29 is 14.3 Å². The molecular weight excluding hydrogens is 366 g/mol. The number of carbonyl (C=O) groups is 2. The number of piperidine rings is 1. The number of para-hydroxylation sites is 2. The summed E-state index contributed by atoms with van der Waals surface area (Å²) in [5, 5.41) is 2.98. The number of nitrogens with one attached hydrogen (secondary N) is 1. The lowest BCUT2D eigenvalue weighted by Crippen LogP contribution is -2.44. The van der Waals surface area contributed by atoms with Crippen molar-refractivity contribution in [3.8, 4) is 5.75 Å². The summed E-state index contributed by atoms with van der Waals surface area (Å²) in [7, 11) is 0. The van der Waals surface area contributed by atoms with Gasteiger partial charge in [-0.1, -0.05) is 18.6 Å². The standard InChI is InChI=1S/C23H35N3O3/c1-17-8-6-9-18(2)25(17)15-7-14-24-22(27)12-13-23(28)26-16-19(3)29-21-11-5-4-10-20(21)26/h4-5,10-11,17-19H,6-9,12-16H2,1-3H3,(H,24,27)/t17-,18+,19-/m0/s1. The highest BCUT2D eigenvalue weighted by molar-refractivity contribution is 5.97. The summed E-state index contributed by atoms with van der Waals surface area (Å²) in [6, 6.07) is 8.83. The third-order valence-corrected chi connectivity index (χ3v) is 6.08. The molecule has 1 N–H and O–H groups in total. The Kier molecular flexibility index (Phi) is 7.53. The van der Waals surface area contributed by atoms with E-state index in [1.807, 2.05) is 31.2 Å². The van der Waals surface area contributed by atoms with Crippen molar-refractivity contribution in [2.45, 2.75) is 77.5 Å². The Morgan fingerprint density at radius 3 is 2.59 bits per heavy atom. The Labute approximate surface area is 174 Å². The van der Waals surface area contributed by atoms with Crippen LogP contribution in [-0.2, 0) is 9.59 Å². The number of hydrogen-bond acceptors (Lipinski definition) is 4. The minimum absolute atomic E-state index is 0.0290. The molecule has 2 heterocycles. The first kappa shape index (κ1) is 21.6. The molecule has 2 aliphatic heterocycles. The van der Waals surface area contributed by atoms with Crippen LogP contribution in [0.5, 0.6) is 5.75 Å². The quantitative estimate of drug-likeness (QED) is 0.712. The van der Waals surface area contributed by atoms with Gasteiger partial charge in [0.25, 0.3) is 0 Å². The zero-order valence-corrected chi connectivity index (χ0v) is 18.0. The van der Waals surface area contributed by atoms with Crippen LogP contribution in [0.15, 0.2) is 24.3 Å². The summed E-state index contributed by atoms with van der Waals surface area (Å²) in [6.07, 6.45) is 5.18. The Hall–Kier alpha value is -2.08. The normalized spacial score (nSPS) is 24.5. The smallest absolute Gasteiger partial charge is 0.227 e. The number of hydrogen-bond donors (Lipinski definition) is 1. The molecule has 0 unspecified atom stereocenters. The van der Waals surface area contributed by atoms with Crippen molar-refractivity contribution >= 4 is 17.5 Å². The molecule has 1 aromatic rings. The first-order valence-electron chi connectivity index (χ1n) is 11.0. The van der Waals surface area contributed by atoms with E-state index in [0.717, 1.165) is 24.4 Å². The second kappa shape index (κ2) is 10.1. The molecule has 0 aliphatic carbocycles. The second-order valence-electron chi connectivity index (χ2n) is 8.47. The van der Waals surface area contributed by atoms with Crippen LogP contribution < -0.4 is 15.0 Å². The van der Waals surface area contributed by atoms with Gasteiger partial charge in [0.15, 0.2) is 0 Å². The van der Waals surface area contributed by atoms with Crippen LogP contribution in [0.25, 0.3) is 0 Å². The van der Waals surface area contributed by atoms with E-state index in [1.54, 1.807) is 4.90 Å². The lowest BCUT2D eigenvalue weighted by atomic mass is 9.97. The number of benzene rings is 1. The fraction of sp³-hybridized carbons (Fsp3) is 0.652. The Morgan fingerprint density at radius 2 is 1.83 bits per heavy atom. The minimum atomic E-state index is -0.0535. The van der Waals surface area contributed by atoms with Gasteiger partial charge < -0.3 is 15.0 Å². The topological polar surface area (TPSA) is 61.9 Å². The molecule has 3 rings (SSSR count). The fourth-order valence-electron chi connectivity index (χ4n) is 4.47. The van der Waals surface area contributed by atoms with Gasteiger partial charge in [-0.25, -0.2) is 0 Å². The lowest BCUT2D eigenvalue weighted by molar-refractivity contribution is -0.125. The predicted molar refractivity (Wildman–Crippen MR) is 115 cm³/mol. The SMILES string of the molecule is C[C@@H]1CCC[C@H](C)N1CCCNC(=O)CCC(=O)N1C[C@H](C)Oc2ccccc21. The maximum absolute atomic E-state index is 12.7. The van der Waals surface area contributed by atoms with Gasteiger partial charge >= 0.3 is 0 Å². The molecular formula is C23H35N3O3. The number of likely N-dealkylation sites (tertiary alicyclic amines) is 1. The molecule has 29 heavy (non-hydrogen) atoms. The number of carbonyl (C=O) groups excluding carboxylic acids is 2. The number of ether oxygens (including phenoxy) is 1. The third-order valence-electron chi connectivity index (χ3n) is 6.08. The van der Waals surface area contributed by atoms with Crippen LogP contribution in [0.2, 0.25) is 0 Å². The van der Waals surface area contributed by atoms with Gasteiger partial charge in [0.1, 0.15) is 11.9 Å². The summed E-state index contributed by atoms with van der Waals surface area (Å²) in [4.78, 5) is 29.2. The molecule has 2 amide bonds. The Bertz CT molecular complexity index is 698. The summed E-state index contributed by atoms with van der Waals surface area (Å²) in [5.74, 6) is 0.650. The second-order valence-corrected chi connectivity index (χ2v) is 8.47. The third kappa shape index (κ3) is 5.72. The highest BCUT2D eigenvalue weighted by Gasteiger charge is 2.27. The van der Waals surface area contributed by atoms with Gasteiger partial charge in [0, 0.05) is 38.0 Å². The highest BCUT2D eigenvalue weighted by Crippen LogP contribution is 2.33. The maximum atomic E-state index is 12.7. The lowest BCUT2D eigenvalue weighted by Gasteiger charge is -2.39. The van der Waals surface area contributed by atoms with Gasteiger partial charge in [-0.15, -0.1) is 0 Å². The first-order chi connectivity index (χ1) is 14.0. The number of amides is 2. The molecule has 3 atom stereocenters. The highest BCUT2D eigenvalue weighted by atomic mass is 16.5. The van der Waals surface area contributed by atoms with Gasteiger partial charge in [-0.05, 0) is 52.2 Å². The van der Waals surface area contributed by atoms with Crippen molar-refractivity contribution in [3.05, 3.63) is 24.3 Å². The molecule has 6 nitrogen and oxygen atoms in total. The predicted octanol–water partition coefficient (Wildman–Crippen LogP) is 3.35. The molecule has 6 heteroatoms. The molecule has 1 saturated heterocycles. The minimum Gasteiger partial charge on any atom is -0.487 e. The van der Waals surface area contributed by atoms with Crippen LogP contribution >= 0.6 is 0 Å². The van der Waals surface area contributed by atoms with E-state index >= 15 is 0 Å². The monoisotopic (exact) mass is 401 g/mol. The molecule has 0 spiro atoms. The van der Waals surface area contributed by atoms with Crippen molar-refractivity contribution in [2.75, 3.05) is 24.5 Å². The first-order valence-corrected chi connectivity index (χ1v) is 11.0. The van der Waals surface area contributed by atoms with Gasteiger partial charge in [0.2, 0.25) is 11.8 Å². The van der Waals surface area contributed by atoms with Crippen LogP contribution in [0.4, 0.5) is 5.69 Å². The summed E-state index contributed by atoms with van der Waals surface area (Å²) in [6.45, 7) is 8.75. The van der Waals surface area contributed by atoms with Gasteiger partial charge in [-0.3, -0.25) is 14.5 Å². The summed E-state index contributed by atoms with van der Waals surface area (Å²) < 4.78 is 5.79. The molecule has 1 aromatic carbocycles. The van der Waals surface area contributed by atoms with Crippen molar-refractivity contribution in [3.63, 3.8) is 0 Å². The zero-order chi connectivity index (χ0) is 20.8. The van der Waals surface area contributed by atoms with E-state index < -0.39 is 0 Å². The average Bonchev–Trinajstić information content (AvgIpc) is 2.70. The number of rotatable bonds is 7. The van der Waals surface area contributed by atoms with E-state index in [0.29, 0.717) is 25.2 Å². The summed E-state index contributed by atoms with van der Waals surface area (Å²) in [5.41, 5.74) is 0.792. The summed E-state index contributed by atoms with van der Waals surface area (Å²) >= 11 is 0. The van der Waals surface area contributed by atoms with Gasteiger partial charge in [-0.2, -0.15) is 0 Å².